The van der Waals surface area contributed by atoms with Crippen LogP contribution >= 0.6 is 11.3 Å². The van der Waals surface area contributed by atoms with Gasteiger partial charge in [-0.05, 0) is 50.0 Å². The van der Waals surface area contributed by atoms with E-state index in [4.69, 9.17) is 10.5 Å². The van der Waals surface area contributed by atoms with Crippen molar-refractivity contribution in [3.63, 3.8) is 0 Å². The third-order valence-corrected chi connectivity index (χ3v) is 4.77. The molecule has 1 aromatic carbocycles. The van der Waals surface area contributed by atoms with Crippen LogP contribution < -0.4 is 15.8 Å². The zero-order chi connectivity index (χ0) is 16.6. The molecule has 1 fully saturated rings. The quantitative estimate of drug-likeness (QED) is 0.715. The van der Waals surface area contributed by atoms with Crippen LogP contribution in [0.4, 0.5) is 10.3 Å². The van der Waals surface area contributed by atoms with Crippen molar-refractivity contribution in [2.24, 2.45) is 0 Å². The lowest BCUT2D eigenvalue weighted by molar-refractivity contribution is 0.220. The van der Waals surface area contributed by atoms with Gasteiger partial charge in [-0.1, -0.05) is 29.9 Å². The number of nitrogens with zero attached hydrogens (tertiary/aromatic N) is 3. The third kappa shape index (κ3) is 5.35. The predicted molar refractivity (Wildman–Crippen MR) is 98.5 cm³/mol. The van der Waals surface area contributed by atoms with E-state index in [-0.39, 0.29) is 0 Å². The minimum absolute atomic E-state index is 0.485. The van der Waals surface area contributed by atoms with Crippen molar-refractivity contribution in [3.8, 4) is 5.75 Å². The van der Waals surface area contributed by atoms with Gasteiger partial charge in [0.1, 0.15) is 5.75 Å². The summed E-state index contributed by atoms with van der Waals surface area (Å²) in [5.74, 6) is 0.949. The number of nitrogen functional groups attached to an aromatic ring is 1. The topological polar surface area (TPSA) is 76.3 Å². The Labute approximate surface area is 147 Å². The zero-order valence-corrected chi connectivity index (χ0v) is 14.7. The molecule has 3 N–H and O–H groups in total. The van der Waals surface area contributed by atoms with Gasteiger partial charge in [0.2, 0.25) is 10.3 Å². The number of aromatic nitrogens is 2. The maximum atomic E-state index is 5.86. The molecule has 1 saturated heterocycles. The van der Waals surface area contributed by atoms with Crippen molar-refractivity contribution in [2.45, 2.75) is 32.2 Å². The van der Waals surface area contributed by atoms with Gasteiger partial charge in [-0.2, -0.15) is 0 Å². The molecule has 130 valence electrons. The summed E-state index contributed by atoms with van der Waals surface area (Å²) in [6.07, 6.45) is 4.92. The molecule has 0 atom stereocenters. The monoisotopic (exact) mass is 347 g/mol. The first kappa shape index (κ1) is 17.0. The smallest absolute Gasteiger partial charge is 0.207 e. The van der Waals surface area contributed by atoms with Gasteiger partial charge in [-0.25, -0.2) is 0 Å². The number of benzene rings is 1. The fourth-order valence-electron chi connectivity index (χ4n) is 2.87. The maximum absolute atomic E-state index is 5.86. The summed E-state index contributed by atoms with van der Waals surface area (Å²) in [6, 6.07) is 8.45. The molecule has 0 unspecified atom stereocenters. The van der Waals surface area contributed by atoms with Gasteiger partial charge in [0, 0.05) is 13.1 Å². The lowest BCUT2D eigenvalue weighted by Gasteiger charge is -2.26. The summed E-state index contributed by atoms with van der Waals surface area (Å²) in [7, 11) is 0. The highest BCUT2D eigenvalue weighted by molar-refractivity contribution is 7.18. The Balaban J connectivity index is 1.38. The Morgan fingerprint density at radius 2 is 2.08 bits per heavy atom. The van der Waals surface area contributed by atoms with Crippen molar-refractivity contribution < 1.29 is 4.74 Å². The number of hydrogen-bond acceptors (Lipinski definition) is 7. The number of anilines is 2. The molecular formula is C17H25N5OS. The number of nitrogens with two attached hydrogens (primary N) is 1. The summed E-state index contributed by atoms with van der Waals surface area (Å²) in [5.41, 5.74) is 6.87. The molecule has 0 spiro atoms. The van der Waals surface area contributed by atoms with Crippen LogP contribution in [0.1, 0.15) is 31.2 Å². The number of likely N-dealkylation sites (tertiary alicyclic amines) is 1. The van der Waals surface area contributed by atoms with Crippen molar-refractivity contribution in [2.75, 3.05) is 37.3 Å². The molecule has 3 rings (SSSR count). The number of nitrogens with one attached hydrogen (secondary N) is 1. The lowest BCUT2D eigenvalue weighted by atomic mass is 10.1. The van der Waals surface area contributed by atoms with Crippen LogP contribution in [0.25, 0.3) is 0 Å². The Hall–Kier alpha value is -1.86. The number of hydrogen-bond donors (Lipinski definition) is 2. The lowest BCUT2D eigenvalue weighted by Crippen LogP contribution is -2.29. The van der Waals surface area contributed by atoms with E-state index in [2.05, 4.69) is 38.6 Å². The molecule has 6 nitrogen and oxygen atoms in total. The molecule has 2 aromatic rings. The van der Waals surface area contributed by atoms with Crippen LogP contribution in [0.5, 0.6) is 5.75 Å². The second-order valence-corrected chi connectivity index (χ2v) is 7.07. The van der Waals surface area contributed by atoms with E-state index in [0.717, 1.165) is 30.4 Å². The summed E-state index contributed by atoms with van der Waals surface area (Å²) in [6.45, 7) is 4.92. The molecule has 1 aliphatic heterocycles. The van der Waals surface area contributed by atoms with Crippen LogP contribution in [-0.2, 0) is 6.54 Å². The molecule has 1 aliphatic rings. The maximum Gasteiger partial charge on any atom is 0.207 e. The normalized spacial score (nSPS) is 15.3. The molecule has 0 amide bonds. The molecule has 24 heavy (non-hydrogen) atoms. The summed E-state index contributed by atoms with van der Waals surface area (Å²) in [4.78, 5) is 2.53. The van der Waals surface area contributed by atoms with Crippen LogP contribution in [0.2, 0.25) is 0 Å². The largest absolute Gasteiger partial charge is 0.494 e. The molecule has 0 bridgehead atoms. The number of piperidine rings is 1. The standard InChI is InChI=1S/C17H25N5OS/c18-16-20-21-17(24-16)19-8-5-11-23-15-7-4-6-14(12-15)13-22-9-2-1-3-10-22/h4,6-7,12H,1-3,5,8-11,13H2,(H2,18,20)(H,19,21). The molecule has 0 saturated carbocycles. The first-order valence-corrected chi connectivity index (χ1v) is 9.38. The minimum Gasteiger partial charge on any atom is -0.494 e. The number of ether oxygens (including phenoxy) is 1. The van der Waals surface area contributed by atoms with Crippen molar-refractivity contribution >= 4 is 21.6 Å². The van der Waals surface area contributed by atoms with Crippen molar-refractivity contribution in [1.29, 1.82) is 0 Å². The Bertz CT molecular complexity index is 627. The van der Waals surface area contributed by atoms with E-state index in [1.54, 1.807) is 0 Å². The molecular weight excluding hydrogens is 322 g/mol. The predicted octanol–water partition coefficient (Wildman–Crippen LogP) is 2.99. The van der Waals surface area contributed by atoms with E-state index >= 15 is 0 Å². The molecule has 0 aliphatic carbocycles. The zero-order valence-electron chi connectivity index (χ0n) is 13.9. The Morgan fingerprint density at radius 3 is 2.88 bits per heavy atom. The van der Waals surface area contributed by atoms with E-state index < -0.39 is 0 Å². The number of rotatable bonds is 8. The van der Waals surface area contributed by atoms with Crippen molar-refractivity contribution in [1.82, 2.24) is 15.1 Å². The van der Waals surface area contributed by atoms with Crippen LogP contribution in [0.3, 0.4) is 0 Å². The van der Waals surface area contributed by atoms with Gasteiger partial charge in [-0.15, -0.1) is 10.2 Å². The highest BCUT2D eigenvalue weighted by atomic mass is 32.1. The summed E-state index contributed by atoms with van der Waals surface area (Å²) < 4.78 is 5.86. The van der Waals surface area contributed by atoms with Crippen LogP contribution in [0.15, 0.2) is 24.3 Å². The van der Waals surface area contributed by atoms with Crippen LogP contribution in [-0.4, -0.2) is 41.3 Å². The van der Waals surface area contributed by atoms with Gasteiger partial charge in [-0.3, -0.25) is 4.90 Å². The summed E-state index contributed by atoms with van der Waals surface area (Å²) in [5, 5.41) is 12.1. The highest BCUT2D eigenvalue weighted by Gasteiger charge is 2.10. The van der Waals surface area contributed by atoms with Gasteiger partial charge < -0.3 is 15.8 Å². The average molecular weight is 347 g/mol. The van der Waals surface area contributed by atoms with Gasteiger partial charge in [0.15, 0.2) is 0 Å². The average Bonchev–Trinajstić information content (AvgIpc) is 3.01. The first-order chi connectivity index (χ1) is 11.8. The van der Waals surface area contributed by atoms with E-state index in [1.165, 1.54) is 49.3 Å². The molecule has 1 aromatic heterocycles. The highest BCUT2D eigenvalue weighted by Crippen LogP contribution is 2.18. The minimum atomic E-state index is 0.485. The SMILES string of the molecule is Nc1nnc(NCCCOc2cccc(CN3CCCCC3)c2)s1. The first-order valence-electron chi connectivity index (χ1n) is 8.56. The second kappa shape index (κ2) is 8.84. The summed E-state index contributed by atoms with van der Waals surface area (Å²) >= 11 is 1.36. The van der Waals surface area contributed by atoms with Gasteiger partial charge in [0.05, 0.1) is 6.61 Å². The second-order valence-electron chi connectivity index (χ2n) is 6.06. The van der Waals surface area contributed by atoms with Gasteiger partial charge >= 0.3 is 0 Å². The van der Waals surface area contributed by atoms with E-state index in [1.807, 2.05) is 6.07 Å². The molecule has 0 radical (unpaired) electrons. The molecule has 2 heterocycles. The van der Waals surface area contributed by atoms with E-state index in [0.29, 0.717) is 11.7 Å². The Morgan fingerprint density at radius 1 is 1.21 bits per heavy atom. The van der Waals surface area contributed by atoms with E-state index in [9.17, 15) is 0 Å². The van der Waals surface area contributed by atoms with Crippen LogP contribution in [0, 0.1) is 0 Å². The van der Waals surface area contributed by atoms with Crippen molar-refractivity contribution in [3.05, 3.63) is 29.8 Å². The fourth-order valence-corrected chi connectivity index (χ4v) is 3.41. The molecule has 7 heteroatoms. The fraction of sp³-hybridized carbons (Fsp3) is 0.529. The Kier molecular flexibility index (Phi) is 6.26. The third-order valence-electron chi connectivity index (χ3n) is 4.06. The van der Waals surface area contributed by atoms with Gasteiger partial charge in [0.25, 0.3) is 0 Å².